The summed E-state index contributed by atoms with van der Waals surface area (Å²) in [6, 6.07) is 13.5. The molecule has 2 aromatic carbocycles. The van der Waals surface area contributed by atoms with Gasteiger partial charge in [0.2, 0.25) is 0 Å². The fraction of sp³-hybridized carbons (Fsp3) is 0.231. The molecular formula is C26H25NO5. The van der Waals surface area contributed by atoms with Crippen LogP contribution in [-0.2, 0) is 9.59 Å². The van der Waals surface area contributed by atoms with Crippen molar-refractivity contribution in [3.8, 4) is 5.75 Å². The van der Waals surface area contributed by atoms with Crippen molar-refractivity contribution in [2.75, 3.05) is 12.0 Å². The van der Waals surface area contributed by atoms with Gasteiger partial charge in [-0.3, -0.25) is 14.5 Å². The van der Waals surface area contributed by atoms with Crippen molar-refractivity contribution in [1.29, 1.82) is 0 Å². The monoisotopic (exact) mass is 431 g/mol. The van der Waals surface area contributed by atoms with E-state index in [-0.39, 0.29) is 11.3 Å². The molecule has 1 N–H and O–H groups in total. The minimum absolute atomic E-state index is 0.0341. The number of aliphatic hydroxyl groups excluding tert-OH is 1. The van der Waals surface area contributed by atoms with Crippen LogP contribution in [0.5, 0.6) is 5.75 Å². The molecule has 1 amide bonds. The number of furan rings is 1. The van der Waals surface area contributed by atoms with E-state index < -0.39 is 17.7 Å². The molecule has 0 spiro atoms. The first-order valence-corrected chi connectivity index (χ1v) is 10.3. The summed E-state index contributed by atoms with van der Waals surface area (Å²) < 4.78 is 11.3. The maximum atomic E-state index is 13.3. The highest BCUT2D eigenvalue weighted by molar-refractivity contribution is 6.51. The van der Waals surface area contributed by atoms with Crippen molar-refractivity contribution in [3.05, 3.63) is 87.9 Å². The van der Waals surface area contributed by atoms with Gasteiger partial charge >= 0.3 is 0 Å². The SMILES string of the molecule is COc1ccc(C)cc1/C(O)=C1/C(=O)C(=O)N(c2ccc(C)cc2C)C1c1ccc(C)o1. The average molecular weight is 431 g/mol. The number of ketones is 1. The Labute approximate surface area is 186 Å². The highest BCUT2D eigenvalue weighted by atomic mass is 16.5. The summed E-state index contributed by atoms with van der Waals surface area (Å²) in [5, 5.41) is 11.3. The first kappa shape index (κ1) is 21.4. The Kier molecular flexibility index (Phi) is 5.38. The number of rotatable bonds is 4. The number of benzene rings is 2. The number of hydrogen-bond acceptors (Lipinski definition) is 5. The molecule has 32 heavy (non-hydrogen) atoms. The maximum Gasteiger partial charge on any atom is 0.300 e. The third kappa shape index (κ3) is 3.47. The largest absolute Gasteiger partial charge is 0.507 e. The maximum absolute atomic E-state index is 13.3. The van der Waals surface area contributed by atoms with Crippen LogP contribution in [0.4, 0.5) is 5.69 Å². The second-order valence-corrected chi connectivity index (χ2v) is 8.11. The number of hydrogen-bond donors (Lipinski definition) is 1. The van der Waals surface area contributed by atoms with Gasteiger partial charge in [0.05, 0.1) is 18.2 Å². The van der Waals surface area contributed by atoms with Gasteiger partial charge in [0.25, 0.3) is 11.7 Å². The number of carbonyl (C=O) groups is 2. The van der Waals surface area contributed by atoms with Gasteiger partial charge in [0, 0.05) is 5.69 Å². The summed E-state index contributed by atoms with van der Waals surface area (Å²) in [5.74, 6) is -0.348. The third-order valence-electron chi connectivity index (χ3n) is 5.70. The second kappa shape index (κ2) is 8.04. The molecular weight excluding hydrogens is 406 g/mol. The molecule has 4 rings (SSSR count). The Morgan fingerprint density at radius 1 is 0.969 bits per heavy atom. The zero-order valence-corrected chi connectivity index (χ0v) is 18.7. The van der Waals surface area contributed by atoms with Crippen molar-refractivity contribution in [2.24, 2.45) is 0 Å². The average Bonchev–Trinajstić information content (AvgIpc) is 3.29. The Morgan fingerprint density at radius 2 is 1.66 bits per heavy atom. The fourth-order valence-electron chi connectivity index (χ4n) is 4.18. The van der Waals surface area contributed by atoms with E-state index in [2.05, 4.69) is 0 Å². The van der Waals surface area contributed by atoms with Gasteiger partial charge in [0.15, 0.2) is 0 Å². The molecule has 164 valence electrons. The molecule has 1 atom stereocenters. The summed E-state index contributed by atoms with van der Waals surface area (Å²) in [4.78, 5) is 27.9. The van der Waals surface area contributed by atoms with Crippen LogP contribution >= 0.6 is 0 Å². The number of aryl methyl sites for hydroxylation is 4. The van der Waals surface area contributed by atoms with Gasteiger partial charge in [-0.15, -0.1) is 0 Å². The molecule has 0 aliphatic carbocycles. The lowest BCUT2D eigenvalue weighted by Gasteiger charge is -2.25. The van der Waals surface area contributed by atoms with Crippen LogP contribution in [0.15, 0.2) is 58.5 Å². The molecule has 6 nitrogen and oxygen atoms in total. The minimum atomic E-state index is -0.907. The number of anilines is 1. The highest BCUT2D eigenvalue weighted by Crippen LogP contribution is 2.44. The van der Waals surface area contributed by atoms with Crippen molar-refractivity contribution in [1.82, 2.24) is 0 Å². The Bertz CT molecular complexity index is 1270. The van der Waals surface area contributed by atoms with Gasteiger partial charge in [-0.25, -0.2) is 0 Å². The van der Waals surface area contributed by atoms with Gasteiger partial charge in [-0.2, -0.15) is 0 Å². The van der Waals surface area contributed by atoms with Gasteiger partial charge in [-0.05, 0) is 63.6 Å². The second-order valence-electron chi connectivity index (χ2n) is 8.11. The number of aliphatic hydroxyl groups is 1. The lowest BCUT2D eigenvalue weighted by Crippen LogP contribution is -2.30. The number of ether oxygens (including phenoxy) is 1. The highest BCUT2D eigenvalue weighted by Gasteiger charge is 2.49. The molecule has 1 unspecified atom stereocenters. The molecule has 6 heteroatoms. The van der Waals surface area contributed by atoms with E-state index in [9.17, 15) is 14.7 Å². The standard InChI is InChI=1S/C26H25NO5/c1-14-6-9-19(16(3)12-14)27-23(21-11-8-17(4)32-21)22(25(29)26(27)30)24(28)18-13-15(2)7-10-20(18)31-5/h6-13,23,28H,1-5H3/b24-22-. The van der Waals surface area contributed by atoms with E-state index in [1.807, 2.05) is 45.0 Å². The van der Waals surface area contributed by atoms with Gasteiger partial charge in [-0.1, -0.05) is 29.3 Å². The zero-order chi connectivity index (χ0) is 23.2. The van der Waals surface area contributed by atoms with Crippen LogP contribution in [0.25, 0.3) is 5.76 Å². The van der Waals surface area contributed by atoms with E-state index >= 15 is 0 Å². The summed E-state index contributed by atoms with van der Waals surface area (Å²) in [6.45, 7) is 7.51. The molecule has 1 aromatic heterocycles. The van der Waals surface area contributed by atoms with Crippen molar-refractivity contribution in [3.63, 3.8) is 0 Å². The van der Waals surface area contributed by atoms with Gasteiger partial charge < -0.3 is 14.3 Å². The van der Waals surface area contributed by atoms with Crippen molar-refractivity contribution >= 4 is 23.1 Å². The van der Waals surface area contributed by atoms with E-state index in [0.29, 0.717) is 28.5 Å². The molecule has 0 saturated carbocycles. The van der Waals surface area contributed by atoms with Crippen LogP contribution < -0.4 is 9.64 Å². The van der Waals surface area contributed by atoms with Crippen molar-refractivity contribution in [2.45, 2.75) is 33.7 Å². The van der Waals surface area contributed by atoms with E-state index in [1.54, 1.807) is 31.2 Å². The third-order valence-corrected chi connectivity index (χ3v) is 5.70. The smallest absolute Gasteiger partial charge is 0.300 e. The van der Waals surface area contributed by atoms with Crippen molar-refractivity contribution < 1.29 is 23.8 Å². The summed E-state index contributed by atoms with van der Waals surface area (Å²) >= 11 is 0. The molecule has 1 saturated heterocycles. The molecule has 1 fully saturated rings. The fourth-order valence-corrected chi connectivity index (χ4v) is 4.18. The Morgan fingerprint density at radius 3 is 2.28 bits per heavy atom. The molecule has 0 radical (unpaired) electrons. The number of nitrogens with zero attached hydrogens (tertiary/aromatic N) is 1. The lowest BCUT2D eigenvalue weighted by atomic mass is 9.97. The lowest BCUT2D eigenvalue weighted by molar-refractivity contribution is -0.132. The Hall–Kier alpha value is -3.80. The summed E-state index contributed by atoms with van der Waals surface area (Å²) in [6.07, 6.45) is 0. The number of Topliss-reactive ketones (excluding diaryl/α,β-unsaturated/α-hetero) is 1. The summed E-state index contributed by atoms with van der Waals surface area (Å²) in [7, 11) is 1.49. The predicted octanol–water partition coefficient (Wildman–Crippen LogP) is 5.15. The number of carbonyl (C=O) groups excluding carboxylic acids is 2. The number of methoxy groups -OCH3 is 1. The van der Waals surface area contributed by atoms with Crippen LogP contribution in [-0.4, -0.2) is 23.9 Å². The quantitative estimate of drug-likeness (QED) is 0.351. The van der Waals surface area contributed by atoms with Gasteiger partial charge in [0.1, 0.15) is 29.1 Å². The van der Waals surface area contributed by atoms with E-state index in [1.165, 1.54) is 12.0 Å². The number of amides is 1. The predicted molar refractivity (Wildman–Crippen MR) is 122 cm³/mol. The first-order valence-electron chi connectivity index (χ1n) is 10.3. The normalized spacial score (nSPS) is 17.8. The van der Waals surface area contributed by atoms with Crippen LogP contribution in [0, 0.1) is 27.7 Å². The molecule has 2 heterocycles. The summed E-state index contributed by atoms with van der Waals surface area (Å²) in [5.41, 5.74) is 3.66. The minimum Gasteiger partial charge on any atom is -0.507 e. The van der Waals surface area contributed by atoms with Crippen LogP contribution in [0.1, 0.15) is 39.8 Å². The van der Waals surface area contributed by atoms with Crippen LogP contribution in [0.2, 0.25) is 0 Å². The molecule has 1 aliphatic rings. The molecule has 1 aliphatic heterocycles. The topological polar surface area (TPSA) is 80.0 Å². The van der Waals surface area contributed by atoms with E-state index in [0.717, 1.165) is 16.7 Å². The molecule has 0 bridgehead atoms. The zero-order valence-electron chi connectivity index (χ0n) is 18.7. The molecule has 3 aromatic rings. The first-order chi connectivity index (χ1) is 15.2. The van der Waals surface area contributed by atoms with Crippen LogP contribution in [0.3, 0.4) is 0 Å². The van der Waals surface area contributed by atoms with E-state index in [4.69, 9.17) is 9.15 Å². The Balaban J connectivity index is 2.00.